The fourth-order valence-corrected chi connectivity index (χ4v) is 5.14. The second-order valence-electron chi connectivity index (χ2n) is 7.74. The minimum atomic E-state index is 0.424. The summed E-state index contributed by atoms with van der Waals surface area (Å²) in [4.78, 5) is 12.6. The number of aromatic nitrogens is 2. The maximum absolute atomic E-state index is 6.08. The highest BCUT2D eigenvalue weighted by Crippen LogP contribution is 2.37. The quantitative estimate of drug-likeness (QED) is 0.412. The minimum Gasteiger partial charge on any atom is -0.367 e. The van der Waals surface area contributed by atoms with E-state index in [4.69, 9.17) is 11.6 Å². The number of hydrogen-bond acceptors (Lipinski definition) is 5. The molecule has 3 heterocycles. The van der Waals surface area contributed by atoms with Crippen LogP contribution >= 0.6 is 22.9 Å². The summed E-state index contributed by atoms with van der Waals surface area (Å²) in [6.07, 6.45) is 3.88. The Kier molecular flexibility index (Phi) is 5.67. The molecule has 2 aromatic heterocycles. The molecule has 1 fully saturated rings. The molecular weight excluding hydrogens is 412 g/mol. The van der Waals surface area contributed by atoms with E-state index in [0.717, 1.165) is 64.7 Å². The fourth-order valence-electron chi connectivity index (χ4n) is 4.10. The number of halogens is 1. The molecule has 0 aliphatic carbocycles. The third kappa shape index (κ3) is 4.19. The van der Waals surface area contributed by atoms with Crippen LogP contribution in [0.3, 0.4) is 0 Å². The summed E-state index contributed by atoms with van der Waals surface area (Å²) in [6, 6.07) is 19.1. The van der Waals surface area contributed by atoms with Gasteiger partial charge in [-0.3, -0.25) is 4.90 Å². The van der Waals surface area contributed by atoms with Gasteiger partial charge < -0.3 is 5.32 Å². The predicted molar refractivity (Wildman–Crippen MR) is 126 cm³/mol. The number of thiophene rings is 1. The molecule has 1 N–H and O–H groups in total. The van der Waals surface area contributed by atoms with Gasteiger partial charge in [0.2, 0.25) is 0 Å². The van der Waals surface area contributed by atoms with Crippen molar-refractivity contribution in [3.63, 3.8) is 0 Å². The van der Waals surface area contributed by atoms with Gasteiger partial charge in [-0.15, -0.1) is 11.3 Å². The first-order valence-corrected chi connectivity index (χ1v) is 11.5. The third-order valence-electron chi connectivity index (χ3n) is 5.70. The van der Waals surface area contributed by atoms with Gasteiger partial charge in [0.05, 0.1) is 5.39 Å². The van der Waals surface area contributed by atoms with Gasteiger partial charge in [-0.1, -0.05) is 54.1 Å². The summed E-state index contributed by atoms with van der Waals surface area (Å²) in [5.74, 6) is 0.938. The highest BCUT2D eigenvalue weighted by Gasteiger charge is 2.21. The molecule has 1 aliphatic rings. The Morgan fingerprint density at radius 2 is 1.77 bits per heavy atom. The molecule has 0 saturated carbocycles. The molecule has 0 spiro atoms. The molecule has 4 aromatic rings. The van der Waals surface area contributed by atoms with Crippen molar-refractivity contribution in [3.05, 3.63) is 76.9 Å². The lowest BCUT2D eigenvalue weighted by molar-refractivity contribution is 0.211. The van der Waals surface area contributed by atoms with Crippen LogP contribution in [0.2, 0.25) is 5.02 Å². The smallest absolute Gasteiger partial charge is 0.139 e. The summed E-state index contributed by atoms with van der Waals surface area (Å²) in [7, 11) is 0. The van der Waals surface area contributed by atoms with Crippen molar-refractivity contribution in [2.45, 2.75) is 25.4 Å². The minimum absolute atomic E-state index is 0.424. The molecule has 0 bridgehead atoms. The van der Waals surface area contributed by atoms with Gasteiger partial charge in [0.1, 0.15) is 17.0 Å². The Labute approximate surface area is 185 Å². The number of fused-ring (bicyclic) bond motifs is 1. The van der Waals surface area contributed by atoms with Crippen molar-refractivity contribution >= 4 is 39.0 Å². The van der Waals surface area contributed by atoms with E-state index < -0.39 is 0 Å². The Morgan fingerprint density at radius 3 is 2.53 bits per heavy atom. The number of piperidine rings is 1. The van der Waals surface area contributed by atoms with E-state index in [1.165, 1.54) is 5.56 Å². The van der Waals surface area contributed by atoms with Crippen molar-refractivity contribution in [2.24, 2.45) is 0 Å². The van der Waals surface area contributed by atoms with Gasteiger partial charge >= 0.3 is 0 Å². The number of anilines is 1. The summed E-state index contributed by atoms with van der Waals surface area (Å²) >= 11 is 7.73. The number of rotatable bonds is 5. The van der Waals surface area contributed by atoms with Crippen LogP contribution in [0.5, 0.6) is 0 Å². The average molecular weight is 435 g/mol. The Bertz CT molecular complexity index is 1120. The molecule has 0 amide bonds. The molecule has 1 aliphatic heterocycles. The molecule has 5 rings (SSSR count). The molecule has 6 heteroatoms. The van der Waals surface area contributed by atoms with E-state index in [-0.39, 0.29) is 0 Å². The zero-order valence-corrected chi connectivity index (χ0v) is 18.2. The predicted octanol–water partition coefficient (Wildman–Crippen LogP) is 6.09. The molecule has 2 aromatic carbocycles. The van der Waals surface area contributed by atoms with Gasteiger partial charge in [-0.25, -0.2) is 9.97 Å². The first-order valence-electron chi connectivity index (χ1n) is 10.3. The number of hydrogen-bond donors (Lipinski definition) is 1. The van der Waals surface area contributed by atoms with Gasteiger partial charge in [0, 0.05) is 41.6 Å². The van der Waals surface area contributed by atoms with Crippen LogP contribution in [0.25, 0.3) is 21.3 Å². The van der Waals surface area contributed by atoms with Crippen LogP contribution in [0, 0.1) is 0 Å². The topological polar surface area (TPSA) is 41.1 Å². The fraction of sp³-hybridized carbons (Fsp3) is 0.250. The third-order valence-corrected chi connectivity index (χ3v) is 6.84. The van der Waals surface area contributed by atoms with E-state index in [1.54, 1.807) is 17.7 Å². The number of benzene rings is 2. The zero-order chi connectivity index (χ0) is 20.3. The summed E-state index contributed by atoms with van der Waals surface area (Å²) in [5, 5.41) is 7.74. The number of nitrogens with one attached hydrogen (secondary N) is 1. The lowest BCUT2D eigenvalue weighted by Gasteiger charge is -2.32. The highest BCUT2D eigenvalue weighted by atomic mass is 35.5. The average Bonchev–Trinajstić information content (AvgIpc) is 3.22. The molecule has 1 saturated heterocycles. The molecule has 4 nitrogen and oxygen atoms in total. The van der Waals surface area contributed by atoms with Crippen LogP contribution in [0.15, 0.2) is 66.3 Å². The molecule has 0 radical (unpaired) electrons. The van der Waals surface area contributed by atoms with Gasteiger partial charge in [0.15, 0.2) is 0 Å². The Balaban J connectivity index is 1.31. The Hall–Kier alpha value is -2.47. The number of likely N-dealkylation sites (tertiary alicyclic amines) is 1. The molecular formula is C24H23ClN4S. The second-order valence-corrected chi connectivity index (χ2v) is 9.03. The van der Waals surface area contributed by atoms with E-state index in [0.29, 0.717) is 6.04 Å². The van der Waals surface area contributed by atoms with Gasteiger partial charge in [-0.05, 0) is 36.1 Å². The van der Waals surface area contributed by atoms with E-state index in [9.17, 15) is 0 Å². The van der Waals surface area contributed by atoms with E-state index >= 15 is 0 Å². The van der Waals surface area contributed by atoms with Crippen molar-refractivity contribution in [3.8, 4) is 11.1 Å². The van der Waals surface area contributed by atoms with Crippen molar-refractivity contribution < 1.29 is 0 Å². The second kappa shape index (κ2) is 8.72. The lowest BCUT2D eigenvalue weighted by atomic mass is 10.0. The summed E-state index contributed by atoms with van der Waals surface area (Å²) < 4.78 is 0. The lowest BCUT2D eigenvalue weighted by Crippen LogP contribution is -2.38. The van der Waals surface area contributed by atoms with Crippen LogP contribution in [0.1, 0.15) is 18.4 Å². The molecule has 0 unspecified atom stereocenters. The van der Waals surface area contributed by atoms with Crippen molar-refractivity contribution in [1.82, 2.24) is 14.9 Å². The first kappa shape index (κ1) is 19.5. The molecule has 152 valence electrons. The standard InChI is InChI=1S/C24H23ClN4S/c25-19-8-6-18(7-9-19)21-15-30-24-22(21)23(26-16-27-24)28-20-10-12-29(13-11-20)14-17-4-2-1-3-5-17/h1-9,15-16,20H,10-14H2,(H,26,27,28). The van der Waals surface area contributed by atoms with Crippen LogP contribution in [0.4, 0.5) is 5.82 Å². The van der Waals surface area contributed by atoms with Gasteiger partial charge in [0.25, 0.3) is 0 Å². The number of nitrogens with zero attached hydrogens (tertiary/aromatic N) is 3. The SMILES string of the molecule is Clc1ccc(-c2csc3ncnc(NC4CCN(Cc5ccccc5)CC4)c23)cc1. The van der Waals surface area contributed by atoms with Crippen molar-refractivity contribution in [1.29, 1.82) is 0 Å². The van der Waals surface area contributed by atoms with E-state index in [2.05, 4.69) is 68.0 Å². The highest BCUT2D eigenvalue weighted by molar-refractivity contribution is 7.17. The maximum atomic E-state index is 6.08. The molecule has 30 heavy (non-hydrogen) atoms. The largest absolute Gasteiger partial charge is 0.367 e. The maximum Gasteiger partial charge on any atom is 0.139 e. The first-order chi connectivity index (χ1) is 14.8. The van der Waals surface area contributed by atoms with Crippen LogP contribution < -0.4 is 5.32 Å². The monoisotopic (exact) mass is 434 g/mol. The normalized spacial score (nSPS) is 15.5. The van der Waals surface area contributed by atoms with Crippen LogP contribution in [-0.2, 0) is 6.54 Å². The zero-order valence-electron chi connectivity index (χ0n) is 16.6. The Morgan fingerprint density at radius 1 is 1.00 bits per heavy atom. The summed E-state index contributed by atoms with van der Waals surface area (Å²) in [6.45, 7) is 3.21. The van der Waals surface area contributed by atoms with Gasteiger partial charge in [-0.2, -0.15) is 0 Å². The molecule has 0 atom stereocenters. The van der Waals surface area contributed by atoms with Crippen LogP contribution in [-0.4, -0.2) is 34.0 Å². The summed E-state index contributed by atoms with van der Waals surface area (Å²) in [5.41, 5.74) is 3.68. The van der Waals surface area contributed by atoms with E-state index in [1.807, 2.05) is 12.1 Å². The van der Waals surface area contributed by atoms with Crippen molar-refractivity contribution in [2.75, 3.05) is 18.4 Å².